The molecule has 1 saturated carbocycles. The topological polar surface area (TPSA) is 27.6 Å². The zero-order valence-corrected chi connectivity index (χ0v) is 12.7. The highest BCUT2D eigenvalue weighted by molar-refractivity contribution is 5.80. The molecule has 21 heavy (non-hydrogen) atoms. The Kier molecular flexibility index (Phi) is 4.13. The van der Waals surface area contributed by atoms with Crippen LogP contribution in [0.1, 0.15) is 38.2 Å². The van der Waals surface area contributed by atoms with E-state index in [-0.39, 0.29) is 5.82 Å². The first-order chi connectivity index (χ1) is 10.2. The van der Waals surface area contributed by atoms with Crippen molar-refractivity contribution in [2.75, 3.05) is 19.6 Å². The van der Waals surface area contributed by atoms with Crippen LogP contribution < -0.4 is 5.32 Å². The van der Waals surface area contributed by atoms with Gasteiger partial charge in [0.05, 0.1) is 6.54 Å². The van der Waals surface area contributed by atoms with Crippen LogP contribution in [-0.4, -0.2) is 30.5 Å². The number of aliphatic imine (C=N–C) groups is 1. The van der Waals surface area contributed by atoms with E-state index in [0.717, 1.165) is 31.2 Å². The molecule has 1 N–H and O–H groups in total. The van der Waals surface area contributed by atoms with Crippen LogP contribution in [0, 0.1) is 11.2 Å². The normalized spacial score (nSPS) is 20.7. The minimum absolute atomic E-state index is 0.193. The minimum Gasteiger partial charge on any atom is -0.357 e. The average molecular weight is 289 g/mol. The monoisotopic (exact) mass is 289 g/mol. The molecule has 1 heterocycles. The molecule has 0 radical (unpaired) electrons. The molecule has 2 fully saturated rings. The summed E-state index contributed by atoms with van der Waals surface area (Å²) in [5.41, 5.74) is 1.62. The Morgan fingerprint density at radius 3 is 2.62 bits per heavy atom. The van der Waals surface area contributed by atoms with Gasteiger partial charge in [0.2, 0.25) is 0 Å². The molecular weight excluding hydrogens is 265 g/mol. The first kappa shape index (κ1) is 14.4. The third-order valence-electron chi connectivity index (χ3n) is 4.81. The van der Waals surface area contributed by atoms with E-state index in [1.165, 1.54) is 37.8 Å². The summed E-state index contributed by atoms with van der Waals surface area (Å²) in [6, 6.07) is 6.60. The van der Waals surface area contributed by atoms with Crippen LogP contribution in [0.2, 0.25) is 0 Å². The molecule has 4 heteroatoms. The van der Waals surface area contributed by atoms with Crippen molar-refractivity contribution in [2.24, 2.45) is 10.4 Å². The second-order valence-electron chi connectivity index (χ2n) is 6.32. The fraction of sp³-hybridized carbons (Fsp3) is 0.588. The van der Waals surface area contributed by atoms with Crippen LogP contribution in [0.3, 0.4) is 0 Å². The van der Waals surface area contributed by atoms with E-state index >= 15 is 0 Å². The van der Waals surface area contributed by atoms with Crippen LogP contribution in [0.4, 0.5) is 4.39 Å². The Balaban J connectivity index is 1.66. The van der Waals surface area contributed by atoms with E-state index in [2.05, 4.69) is 17.1 Å². The first-order valence-corrected chi connectivity index (χ1v) is 7.98. The maximum Gasteiger partial charge on any atom is 0.194 e. The quantitative estimate of drug-likeness (QED) is 0.683. The lowest BCUT2D eigenvalue weighted by Gasteiger charge is -2.38. The van der Waals surface area contributed by atoms with Crippen molar-refractivity contribution in [1.82, 2.24) is 10.2 Å². The van der Waals surface area contributed by atoms with Gasteiger partial charge < -0.3 is 10.2 Å². The molecule has 1 aliphatic carbocycles. The lowest BCUT2D eigenvalue weighted by atomic mass is 9.68. The highest BCUT2D eigenvalue weighted by Gasteiger charge is 2.43. The summed E-state index contributed by atoms with van der Waals surface area (Å²) in [5.74, 6) is 0.812. The number of hydrogen-bond donors (Lipinski definition) is 1. The SMILES string of the molecule is CCNC(=NCc1ccc(F)cc1)N1CCC2(CCC2)C1. The summed E-state index contributed by atoms with van der Waals surface area (Å²) in [7, 11) is 0. The number of guanidine groups is 1. The summed E-state index contributed by atoms with van der Waals surface area (Å²) in [6.45, 7) is 5.83. The van der Waals surface area contributed by atoms with Gasteiger partial charge in [-0.15, -0.1) is 0 Å². The second-order valence-corrected chi connectivity index (χ2v) is 6.32. The van der Waals surface area contributed by atoms with Gasteiger partial charge in [0.1, 0.15) is 5.82 Å². The standard InChI is InChI=1S/C17H24FN3/c1-2-19-16(20-12-14-4-6-15(18)7-5-14)21-11-10-17(13-21)8-3-9-17/h4-7H,2-3,8-13H2,1H3,(H,19,20). The molecule has 3 rings (SSSR count). The first-order valence-electron chi connectivity index (χ1n) is 7.98. The van der Waals surface area contributed by atoms with Crippen LogP contribution in [0.5, 0.6) is 0 Å². The number of likely N-dealkylation sites (tertiary alicyclic amines) is 1. The van der Waals surface area contributed by atoms with E-state index in [1.54, 1.807) is 12.1 Å². The molecule has 0 atom stereocenters. The maximum absolute atomic E-state index is 12.9. The summed E-state index contributed by atoms with van der Waals surface area (Å²) >= 11 is 0. The number of benzene rings is 1. The van der Waals surface area contributed by atoms with Gasteiger partial charge in [-0.3, -0.25) is 0 Å². The molecule has 0 bridgehead atoms. The molecule has 1 aromatic carbocycles. The molecule has 2 aliphatic rings. The number of nitrogens with one attached hydrogen (secondary N) is 1. The predicted octanol–water partition coefficient (Wildman–Crippen LogP) is 3.17. The molecule has 0 unspecified atom stereocenters. The van der Waals surface area contributed by atoms with Crippen molar-refractivity contribution in [3.05, 3.63) is 35.6 Å². The van der Waals surface area contributed by atoms with Gasteiger partial charge in [0.25, 0.3) is 0 Å². The van der Waals surface area contributed by atoms with Crippen molar-refractivity contribution >= 4 is 5.96 Å². The Morgan fingerprint density at radius 1 is 1.29 bits per heavy atom. The lowest BCUT2D eigenvalue weighted by molar-refractivity contribution is 0.151. The van der Waals surface area contributed by atoms with E-state index in [4.69, 9.17) is 4.99 Å². The Hall–Kier alpha value is -1.58. The maximum atomic E-state index is 12.9. The number of nitrogens with zero attached hydrogens (tertiary/aromatic N) is 2. The molecule has 3 nitrogen and oxygen atoms in total. The van der Waals surface area contributed by atoms with E-state index in [1.807, 2.05) is 0 Å². The molecule has 1 saturated heterocycles. The number of hydrogen-bond acceptors (Lipinski definition) is 1. The lowest BCUT2D eigenvalue weighted by Crippen LogP contribution is -2.42. The molecule has 1 aliphatic heterocycles. The molecular formula is C17H24FN3. The molecule has 0 amide bonds. The van der Waals surface area contributed by atoms with E-state index in [9.17, 15) is 4.39 Å². The molecule has 114 valence electrons. The Bertz CT molecular complexity index is 505. The van der Waals surface area contributed by atoms with E-state index < -0.39 is 0 Å². The summed E-state index contributed by atoms with van der Waals surface area (Å²) < 4.78 is 12.9. The number of rotatable bonds is 3. The fourth-order valence-corrected chi connectivity index (χ4v) is 3.38. The van der Waals surface area contributed by atoms with Crippen LogP contribution in [-0.2, 0) is 6.54 Å². The highest BCUT2D eigenvalue weighted by Crippen LogP contribution is 2.47. The predicted molar refractivity (Wildman–Crippen MR) is 83.7 cm³/mol. The summed E-state index contributed by atoms with van der Waals surface area (Å²) in [6.07, 6.45) is 5.44. The largest absolute Gasteiger partial charge is 0.357 e. The summed E-state index contributed by atoms with van der Waals surface area (Å²) in [4.78, 5) is 7.12. The average Bonchev–Trinajstić information content (AvgIpc) is 2.91. The third kappa shape index (κ3) is 3.20. The van der Waals surface area contributed by atoms with Gasteiger partial charge in [-0.25, -0.2) is 9.38 Å². The zero-order chi connectivity index (χ0) is 14.7. The van der Waals surface area contributed by atoms with Crippen molar-refractivity contribution < 1.29 is 4.39 Å². The van der Waals surface area contributed by atoms with Crippen LogP contribution in [0.25, 0.3) is 0 Å². The van der Waals surface area contributed by atoms with Crippen molar-refractivity contribution in [2.45, 2.75) is 39.2 Å². The third-order valence-corrected chi connectivity index (χ3v) is 4.81. The summed E-state index contributed by atoms with van der Waals surface area (Å²) in [5, 5.41) is 3.39. The van der Waals surface area contributed by atoms with Gasteiger partial charge in [0, 0.05) is 19.6 Å². The Morgan fingerprint density at radius 2 is 2.05 bits per heavy atom. The second kappa shape index (κ2) is 6.04. The number of halogens is 1. The van der Waals surface area contributed by atoms with Crippen molar-refractivity contribution in [1.29, 1.82) is 0 Å². The van der Waals surface area contributed by atoms with Crippen LogP contribution in [0.15, 0.2) is 29.3 Å². The molecule has 1 spiro atoms. The van der Waals surface area contributed by atoms with Gasteiger partial charge in [0.15, 0.2) is 5.96 Å². The fourth-order valence-electron chi connectivity index (χ4n) is 3.38. The molecule has 1 aromatic rings. The van der Waals surface area contributed by atoms with Gasteiger partial charge in [-0.05, 0) is 49.3 Å². The van der Waals surface area contributed by atoms with Crippen molar-refractivity contribution in [3.63, 3.8) is 0 Å². The van der Waals surface area contributed by atoms with Gasteiger partial charge in [-0.2, -0.15) is 0 Å². The van der Waals surface area contributed by atoms with Crippen molar-refractivity contribution in [3.8, 4) is 0 Å². The molecule has 0 aromatic heterocycles. The van der Waals surface area contributed by atoms with Gasteiger partial charge >= 0.3 is 0 Å². The van der Waals surface area contributed by atoms with Gasteiger partial charge in [-0.1, -0.05) is 18.6 Å². The van der Waals surface area contributed by atoms with Crippen LogP contribution >= 0.6 is 0 Å². The zero-order valence-electron chi connectivity index (χ0n) is 12.7. The minimum atomic E-state index is -0.193. The van der Waals surface area contributed by atoms with E-state index in [0.29, 0.717) is 12.0 Å². The Labute approximate surface area is 126 Å². The smallest absolute Gasteiger partial charge is 0.194 e. The highest BCUT2D eigenvalue weighted by atomic mass is 19.1.